The zero-order valence-electron chi connectivity index (χ0n) is 15.8. The molecule has 0 atom stereocenters. The van der Waals surface area contributed by atoms with Crippen molar-refractivity contribution in [1.29, 1.82) is 5.26 Å². The molecule has 1 aliphatic rings. The molecule has 1 fully saturated rings. The van der Waals surface area contributed by atoms with Crippen molar-refractivity contribution in [2.75, 3.05) is 13.1 Å². The number of likely N-dealkylation sites (tertiary alicyclic amines) is 1. The number of carbonyl (C=O) groups excluding carboxylic acids is 1. The Kier molecular flexibility index (Phi) is 5.29. The summed E-state index contributed by atoms with van der Waals surface area (Å²) in [4.78, 5) is 14.1. The van der Waals surface area contributed by atoms with Gasteiger partial charge in [0.25, 0.3) is 0 Å². The van der Waals surface area contributed by atoms with Crippen LogP contribution in [0.5, 0.6) is 0 Å². The van der Waals surface area contributed by atoms with E-state index in [0.717, 1.165) is 48.9 Å². The van der Waals surface area contributed by atoms with E-state index >= 15 is 0 Å². The van der Waals surface area contributed by atoms with Crippen LogP contribution in [0.2, 0.25) is 0 Å². The van der Waals surface area contributed by atoms with E-state index in [2.05, 4.69) is 22.9 Å². The molecule has 1 amide bonds. The lowest BCUT2D eigenvalue weighted by Gasteiger charge is -2.31. The monoisotopic (exact) mass is 373 g/mol. The van der Waals surface area contributed by atoms with Gasteiger partial charge in [-0.1, -0.05) is 36.4 Å². The van der Waals surface area contributed by atoms with Gasteiger partial charge in [0.15, 0.2) is 0 Å². The normalized spacial score (nSPS) is 14.8. The molecule has 0 bridgehead atoms. The molecule has 2 heterocycles. The summed E-state index contributed by atoms with van der Waals surface area (Å²) in [5, 5.41) is 10.3. The highest BCUT2D eigenvalue weighted by Crippen LogP contribution is 2.24. The van der Waals surface area contributed by atoms with E-state index in [-0.39, 0.29) is 6.09 Å². The van der Waals surface area contributed by atoms with E-state index in [1.807, 2.05) is 48.5 Å². The maximum Gasteiger partial charge on any atom is 0.410 e. The highest BCUT2D eigenvalue weighted by Gasteiger charge is 2.24. The number of nitriles is 1. The fourth-order valence-electron chi connectivity index (χ4n) is 3.80. The fraction of sp³-hybridized carbons (Fsp3) is 0.304. The third-order valence-electron chi connectivity index (χ3n) is 5.44. The van der Waals surface area contributed by atoms with Crippen LogP contribution in [-0.2, 0) is 17.9 Å². The van der Waals surface area contributed by atoms with Crippen LogP contribution in [0.25, 0.3) is 10.9 Å². The number of benzene rings is 2. The average Bonchev–Trinajstić information content (AvgIpc) is 3.15. The number of hydrogen-bond donors (Lipinski definition) is 0. The highest BCUT2D eigenvalue weighted by molar-refractivity contribution is 5.81. The molecule has 3 aromatic rings. The molecule has 5 nitrogen and oxygen atoms in total. The van der Waals surface area contributed by atoms with Crippen LogP contribution in [0, 0.1) is 17.2 Å². The van der Waals surface area contributed by atoms with E-state index < -0.39 is 0 Å². The van der Waals surface area contributed by atoms with Gasteiger partial charge < -0.3 is 14.2 Å². The maximum absolute atomic E-state index is 12.3. The first-order chi connectivity index (χ1) is 13.7. The molecular formula is C23H23N3O2. The Hall–Kier alpha value is -3.26. The zero-order valence-corrected chi connectivity index (χ0v) is 15.8. The summed E-state index contributed by atoms with van der Waals surface area (Å²) in [5.74, 6) is 0.513. The van der Waals surface area contributed by atoms with Gasteiger partial charge in [-0.2, -0.15) is 5.26 Å². The second-order valence-corrected chi connectivity index (χ2v) is 7.32. The summed E-state index contributed by atoms with van der Waals surface area (Å²) in [6.07, 6.45) is 3.77. The van der Waals surface area contributed by atoms with Crippen LogP contribution in [0.1, 0.15) is 24.0 Å². The van der Waals surface area contributed by atoms with Gasteiger partial charge in [0.1, 0.15) is 6.61 Å². The number of aromatic nitrogens is 1. The number of ether oxygens (including phenoxy) is 1. The first-order valence-corrected chi connectivity index (χ1v) is 9.67. The zero-order chi connectivity index (χ0) is 19.3. The molecule has 0 aliphatic carbocycles. The van der Waals surface area contributed by atoms with Gasteiger partial charge in [0.2, 0.25) is 0 Å². The van der Waals surface area contributed by atoms with Gasteiger partial charge in [-0.15, -0.1) is 0 Å². The Bertz CT molecular complexity index is 996. The molecule has 0 spiro atoms. The van der Waals surface area contributed by atoms with Crippen LogP contribution < -0.4 is 0 Å². The van der Waals surface area contributed by atoms with Crippen molar-refractivity contribution < 1.29 is 9.53 Å². The number of nitrogens with zero attached hydrogens (tertiary/aromatic N) is 3. The van der Waals surface area contributed by atoms with Crippen molar-refractivity contribution >= 4 is 17.0 Å². The summed E-state index contributed by atoms with van der Waals surface area (Å²) in [7, 11) is 0. The van der Waals surface area contributed by atoms with Crippen LogP contribution in [0.3, 0.4) is 0 Å². The van der Waals surface area contributed by atoms with Crippen molar-refractivity contribution in [3.8, 4) is 6.07 Å². The molecule has 1 aliphatic heterocycles. The smallest absolute Gasteiger partial charge is 0.410 e. The summed E-state index contributed by atoms with van der Waals surface area (Å²) in [5.41, 5.74) is 2.79. The van der Waals surface area contributed by atoms with E-state index in [1.54, 1.807) is 4.90 Å². The first kappa shape index (κ1) is 18.1. The second-order valence-electron chi connectivity index (χ2n) is 7.32. The topological polar surface area (TPSA) is 58.3 Å². The molecule has 0 radical (unpaired) electrons. The Morgan fingerprint density at radius 2 is 1.89 bits per heavy atom. The summed E-state index contributed by atoms with van der Waals surface area (Å²) >= 11 is 0. The van der Waals surface area contributed by atoms with E-state index in [1.165, 1.54) is 0 Å². The summed E-state index contributed by atoms with van der Waals surface area (Å²) in [6, 6.07) is 19.9. The highest BCUT2D eigenvalue weighted by atomic mass is 16.6. The minimum absolute atomic E-state index is 0.229. The number of rotatable bonds is 4. The number of piperidine rings is 1. The lowest BCUT2D eigenvalue weighted by atomic mass is 9.97. The molecule has 0 N–H and O–H groups in total. The molecule has 1 saturated heterocycles. The minimum Gasteiger partial charge on any atom is -0.445 e. The molecular weight excluding hydrogens is 350 g/mol. The largest absolute Gasteiger partial charge is 0.445 e. The Morgan fingerprint density at radius 3 is 2.64 bits per heavy atom. The van der Waals surface area contributed by atoms with Crippen molar-refractivity contribution in [3.05, 3.63) is 71.9 Å². The van der Waals surface area contributed by atoms with Crippen LogP contribution in [-0.4, -0.2) is 28.6 Å². The minimum atomic E-state index is -0.229. The number of hydrogen-bond acceptors (Lipinski definition) is 3. The number of carbonyl (C=O) groups is 1. The van der Waals surface area contributed by atoms with Gasteiger partial charge in [0.05, 0.1) is 11.6 Å². The van der Waals surface area contributed by atoms with Gasteiger partial charge in [-0.25, -0.2) is 4.79 Å². The standard InChI is InChI=1S/C23H23N3O2/c24-15-20-6-7-21-10-13-26(22(21)14-20)16-18-8-11-25(12-9-18)23(27)28-17-19-4-2-1-3-5-19/h1-7,10,13-14,18H,8-9,11-12,16-17H2. The number of amides is 1. The van der Waals surface area contributed by atoms with E-state index in [0.29, 0.717) is 18.1 Å². The van der Waals surface area contributed by atoms with Crippen LogP contribution in [0.15, 0.2) is 60.8 Å². The molecule has 0 unspecified atom stereocenters. The van der Waals surface area contributed by atoms with Crippen molar-refractivity contribution in [3.63, 3.8) is 0 Å². The Morgan fingerprint density at radius 1 is 1.11 bits per heavy atom. The second kappa shape index (κ2) is 8.18. The van der Waals surface area contributed by atoms with E-state index in [9.17, 15) is 4.79 Å². The van der Waals surface area contributed by atoms with Crippen LogP contribution in [0.4, 0.5) is 4.79 Å². The third kappa shape index (κ3) is 4.01. The Labute approximate surface area is 164 Å². The molecule has 0 saturated carbocycles. The molecule has 5 heteroatoms. The van der Waals surface area contributed by atoms with E-state index in [4.69, 9.17) is 10.00 Å². The predicted molar refractivity (Wildman–Crippen MR) is 108 cm³/mol. The molecule has 1 aromatic heterocycles. The Balaban J connectivity index is 1.31. The molecule has 142 valence electrons. The van der Waals surface area contributed by atoms with Gasteiger partial charge >= 0.3 is 6.09 Å². The number of fused-ring (bicyclic) bond motifs is 1. The van der Waals surface area contributed by atoms with Gasteiger partial charge in [0, 0.05) is 31.3 Å². The van der Waals surface area contributed by atoms with Gasteiger partial charge in [-0.3, -0.25) is 0 Å². The third-order valence-corrected chi connectivity index (χ3v) is 5.44. The maximum atomic E-state index is 12.3. The predicted octanol–water partition coefficient (Wildman–Crippen LogP) is 4.56. The summed E-state index contributed by atoms with van der Waals surface area (Å²) < 4.78 is 7.67. The summed E-state index contributed by atoms with van der Waals surface area (Å²) in [6.45, 7) is 2.67. The van der Waals surface area contributed by atoms with Crippen LogP contribution >= 0.6 is 0 Å². The van der Waals surface area contributed by atoms with Crippen molar-refractivity contribution in [2.24, 2.45) is 5.92 Å². The SMILES string of the molecule is N#Cc1ccc2ccn(CC3CCN(C(=O)OCc4ccccc4)CC3)c2c1. The molecule has 28 heavy (non-hydrogen) atoms. The van der Waals surface area contributed by atoms with Crippen molar-refractivity contribution in [2.45, 2.75) is 26.0 Å². The average molecular weight is 373 g/mol. The van der Waals surface area contributed by atoms with Crippen molar-refractivity contribution in [1.82, 2.24) is 9.47 Å². The fourth-order valence-corrected chi connectivity index (χ4v) is 3.80. The first-order valence-electron chi connectivity index (χ1n) is 9.67. The lowest BCUT2D eigenvalue weighted by Crippen LogP contribution is -2.39. The molecule has 2 aromatic carbocycles. The quantitative estimate of drug-likeness (QED) is 0.673. The lowest BCUT2D eigenvalue weighted by molar-refractivity contribution is 0.0808. The van der Waals surface area contributed by atoms with Gasteiger partial charge in [-0.05, 0) is 47.9 Å². The molecule has 4 rings (SSSR count).